The number of aliphatic hydroxyl groups is 2. The van der Waals surface area contributed by atoms with Gasteiger partial charge in [-0.05, 0) is 50.4 Å². The molecule has 0 saturated heterocycles. The average Bonchev–Trinajstić information content (AvgIpc) is 2.53. The van der Waals surface area contributed by atoms with Gasteiger partial charge in [-0.1, -0.05) is 12.8 Å². The number of carbonyl (C=O) groups is 1. The monoisotopic (exact) mass is 252 g/mol. The van der Waals surface area contributed by atoms with E-state index in [1.165, 1.54) is 0 Å². The molecule has 0 aromatic carbocycles. The zero-order valence-electron chi connectivity index (χ0n) is 11.0. The van der Waals surface area contributed by atoms with E-state index in [0.29, 0.717) is 5.78 Å². The second-order valence-corrected chi connectivity index (χ2v) is 6.70. The molecule has 3 fully saturated rings. The van der Waals surface area contributed by atoms with Crippen molar-refractivity contribution in [2.24, 2.45) is 23.2 Å². The Morgan fingerprint density at radius 3 is 2.78 bits per heavy atom. The lowest BCUT2D eigenvalue weighted by molar-refractivity contribution is -0.135. The van der Waals surface area contributed by atoms with Crippen molar-refractivity contribution in [3.8, 4) is 0 Å². The Kier molecular flexibility index (Phi) is 3.23. The number of fused-ring (bicyclic) bond motifs is 1. The molecule has 0 aromatic rings. The predicted molar refractivity (Wildman–Crippen MR) is 67.9 cm³/mol. The van der Waals surface area contributed by atoms with Crippen molar-refractivity contribution >= 4 is 5.78 Å². The largest absolute Gasteiger partial charge is 0.396 e. The molecule has 3 heteroatoms. The molecule has 0 aliphatic heterocycles. The first-order valence-electron chi connectivity index (χ1n) is 7.50. The van der Waals surface area contributed by atoms with Gasteiger partial charge in [-0.15, -0.1) is 0 Å². The van der Waals surface area contributed by atoms with E-state index in [-0.39, 0.29) is 35.9 Å². The van der Waals surface area contributed by atoms with Crippen LogP contribution in [0, 0.1) is 23.2 Å². The van der Waals surface area contributed by atoms with Gasteiger partial charge in [0.25, 0.3) is 0 Å². The second-order valence-electron chi connectivity index (χ2n) is 6.70. The van der Waals surface area contributed by atoms with Crippen LogP contribution in [0.3, 0.4) is 0 Å². The molecule has 5 atom stereocenters. The van der Waals surface area contributed by atoms with Gasteiger partial charge in [0.2, 0.25) is 0 Å². The van der Waals surface area contributed by atoms with Crippen LogP contribution in [0.5, 0.6) is 0 Å². The van der Waals surface area contributed by atoms with E-state index in [2.05, 4.69) is 0 Å². The smallest absolute Gasteiger partial charge is 0.142 e. The summed E-state index contributed by atoms with van der Waals surface area (Å²) in [6.45, 7) is 0.170. The Morgan fingerprint density at radius 2 is 2.00 bits per heavy atom. The number of carbonyl (C=O) groups excluding carboxylic acids is 1. The fourth-order valence-electron chi connectivity index (χ4n) is 4.88. The first-order valence-corrected chi connectivity index (χ1v) is 7.50. The highest BCUT2D eigenvalue weighted by atomic mass is 16.3. The molecule has 102 valence electrons. The van der Waals surface area contributed by atoms with E-state index < -0.39 is 0 Å². The molecule has 3 saturated carbocycles. The van der Waals surface area contributed by atoms with Crippen LogP contribution in [0.2, 0.25) is 0 Å². The van der Waals surface area contributed by atoms with Gasteiger partial charge in [0, 0.05) is 17.9 Å². The molecular weight excluding hydrogens is 228 g/mol. The summed E-state index contributed by atoms with van der Waals surface area (Å²) in [5.41, 5.74) is -0.232. The van der Waals surface area contributed by atoms with E-state index in [4.69, 9.17) is 0 Å². The van der Waals surface area contributed by atoms with Gasteiger partial charge < -0.3 is 10.2 Å². The maximum absolute atomic E-state index is 12.9. The average molecular weight is 252 g/mol. The summed E-state index contributed by atoms with van der Waals surface area (Å²) in [5, 5.41) is 19.7. The van der Waals surface area contributed by atoms with Crippen molar-refractivity contribution in [3.63, 3.8) is 0 Å². The Hall–Kier alpha value is -0.410. The number of rotatable bonds is 1. The minimum atomic E-state index is -0.320. The van der Waals surface area contributed by atoms with Crippen molar-refractivity contribution < 1.29 is 15.0 Å². The summed E-state index contributed by atoms with van der Waals surface area (Å²) >= 11 is 0. The third-order valence-electron chi connectivity index (χ3n) is 5.81. The van der Waals surface area contributed by atoms with Crippen LogP contribution in [0.25, 0.3) is 0 Å². The Morgan fingerprint density at radius 1 is 1.17 bits per heavy atom. The van der Waals surface area contributed by atoms with Crippen LogP contribution in [-0.4, -0.2) is 28.7 Å². The number of aliphatic hydroxyl groups excluding tert-OH is 2. The first-order chi connectivity index (χ1) is 8.67. The van der Waals surface area contributed by atoms with E-state index in [1.54, 1.807) is 0 Å². The summed E-state index contributed by atoms with van der Waals surface area (Å²) in [6, 6.07) is 0. The van der Waals surface area contributed by atoms with E-state index in [0.717, 1.165) is 51.4 Å². The molecular formula is C15H24O3. The van der Waals surface area contributed by atoms with Crippen LogP contribution in [0.1, 0.15) is 51.4 Å². The van der Waals surface area contributed by atoms with Crippen molar-refractivity contribution in [2.45, 2.75) is 57.5 Å². The summed E-state index contributed by atoms with van der Waals surface area (Å²) < 4.78 is 0. The second kappa shape index (κ2) is 4.61. The molecule has 0 amide bonds. The lowest BCUT2D eigenvalue weighted by atomic mass is 9.69. The molecule has 3 nitrogen and oxygen atoms in total. The molecule has 3 rings (SSSR count). The topological polar surface area (TPSA) is 57.5 Å². The van der Waals surface area contributed by atoms with Gasteiger partial charge in [-0.25, -0.2) is 0 Å². The standard InChI is InChI=1S/C15H24O3/c16-9-10-7-11-3-1-2-5-15(14(11)18)6-4-13(17)12(15)8-10/h10-13,16-17H,1-9H2/t10-,11+,12+,13-,15-/m0/s1. The molecule has 3 aliphatic rings. The summed E-state index contributed by atoms with van der Waals surface area (Å²) in [5.74, 6) is 0.916. The molecule has 2 N–H and O–H groups in total. The molecule has 18 heavy (non-hydrogen) atoms. The van der Waals surface area contributed by atoms with Crippen LogP contribution in [0.4, 0.5) is 0 Å². The molecule has 1 spiro atoms. The Bertz CT molecular complexity index is 341. The summed E-state index contributed by atoms with van der Waals surface area (Å²) in [4.78, 5) is 12.9. The van der Waals surface area contributed by atoms with E-state index in [1.807, 2.05) is 0 Å². The van der Waals surface area contributed by atoms with Gasteiger partial charge in [0.1, 0.15) is 5.78 Å². The molecule has 3 aliphatic carbocycles. The zero-order chi connectivity index (χ0) is 12.8. The first kappa shape index (κ1) is 12.6. The Labute approximate surface area is 109 Å². The number of Topliss-reactive ketones (excluding diaryl/α,β-unsaturated/α-hetero) is 1. The SMILES string of the molecule is O=C1[C@@H]2CCCC[C@@]13CC[C@H](O)[C@H]3C[C@@H](CO)C2. The normalized spacial score (nSPS) is 48.4. The fraction of sp³-hybridized carbons (Fsp3) is 0.933. The van der Waals surface area contributed by atoms with E-state index in [9.17, 15) is 15.0 Å². The van der Waals surface area contributed by atoms with Crippen molar-refractivity contribution in [1.82, 2.24) is 0 Å². The quantitative estimate of drug-likeness (QED) is 0.749. The van der Waals surface area contributed by atoms with Crippen molar-refractivity contribution in [3.05, 3.63) is 0 Å². The maximum Gasteiger partial charge on any atom is 0.142 e. The highest BCUT2D eigenvalue weighted by Crippen LogP contribution is 2.56. The highest BCUT2D eigenvalue weighted by molar-refractivity contribution is 5.88. The minimum Gasteiger partial charge on any atom is -0.396 e. The highest BCUT2D eigenvalue weighted by Gasteiger charge is 2.56. The van der Waals surface area contributed by atoms with Crippen molar-refractivity contribution in [2.75, 3.05) is 6.61 Å². The van der Waals surface area contributed by atoms with Crippen molar-refractivity contribution in [1.29, 1.82) is 0 Å². The molecule has 0 aromatic heterocycles. The summed E-state index contributed by atoms with van der Waals surface area (Å²) in [7, 11) is 0. The number of hydrogen-bond acceptors (Lipinski definition) is 3. The van der Waals surface area contributed by atoms with Gasteiger partial charge in [-0.2, -0.15) is 0 Å². The fourth-order valence-corrected chi connectivity index (χ4v) is 4.88. The Balaban J connectivity index is 1.99. The number of ketones is 1. The molecule has 2 bridgehead atoms. The number of hydrogen-bond donors (Lipinski definition) is 2. The van der Waals surface area contributed by atoms with Crippen LogP contribution < -0.4 is 0 Å². The lowest BCUT2D eigenvalue weighted by Gasteiger charge is -2.34. The van der Waals surface area contributed by atoms with Crippen LogP contribution in [-0.2, 0) is 4.79 Å². The summed E-state index contributed by atoms with van der Waals surface area (Å²) in [6.07, 6.45) is 7.28. The van der Waals surface area contributed by atoms with Gasteiger partial charge in [0.15, 0.2) is 0 Å². The molecule has 0 radical (unpaired) electrons. The van der Waals surface area contributed by atoms with Gasteiger partial charge in [0.05, 0.1) is 6.10 Å². The third kappa shape index (κ3) is 1.75. The van der Waals surface area contributed by atoms with Crippen LogP contribution >= 0.6 is 0 Å². The lowest BCUT2D eigenvalue weighted by Crippen LogP contribution is -2.38. The van der Waals surface area contributed by atoms with Gasteiger partial charge >= 0.3 is 0 Å². The third-order valence-corrected chi connectivity index (χ3v) is 5.81. The zero-order valence-corrected chi connectivity index (χ0v) is 11.0. The van der Waals surface area contributed by atoms with Gasteiger partial charge in [-0.3, -0.25) is 4.79 Å². The molecule has 0 unspecified atom stereocenters. The predicted octanol–water partition coefficient (Wildman–Crippen LogP) is 1.91. The molecule has 0 heterocycles. The van der Waals surface area contributed by atoms with E-state index >= 15 is 0 Å². The van der Waals surface area contributed by atoms with Crippen LogP contribution in [0.15, 0.2) is 0 Å². The minimum absolute atomic E-state index is 0.116. The maximum atomic E-state index is 12.9.